The molecule has 120 valence electrons. The van der Waals surface area contributed by atoms with Crippen LogP contribution in [0.4, 0.5) is 0 Å². The molecule has 0 aliphatic rings. The van der Waals surface area contributed by atoms with Crippen LogP contribution in [0.15, 0.2) is 24.3 Å². The molecule has 0 heterocycles. The monoisotopic (exact) mass is 319 g/mol. The smallest absolute Gasteiger partial charge is 0.339 e. The molecule has 0 amide bonds. The van der Waals surface area contributed by atoms with Crippen LogP contribution in [0.1, 0.15) is 12.5 Å². The van der Waals surface area contributed by atoms with Crippen molar-refractivity contribution in [3.05, 3.63) is 29.8 Å². The van der Waals surface area contributed by atoms with Gasteiger partial charge in [-0.25, -0.2) is 0 Å². The molecular formula is C13H22NO6P. The van der Waals surface area contributed by atoms with Crippen molar-refractivity contribution >= 4 is 7.60 Å². The maximum atomic E-state index is 11.3. The predicted molar refractivity (Wildman–Crippen MR) is 77.7 cm³/mol. The summed E-state index contributed by atoms with van der Waals surface area (Å²) in [6, 6.07) is 5.84. The molecule has 0 aliphatic carbocycles. The van der Waals surface area contributed by atoms with Gasteiger partial charge in [-0.15, -0.1) is 0 Å². The third-order valence-corrected chi connectivity index (χ3v) is 4.06. The maximum absolute atomic E-state index is 11.3. The van der Waals surface area contributed by atoms with Crippen LogP contribution < -0.4 is 0 Å². The summed E-state index contributed by atoms with van der Waals surface area (Å²) < 4.78 is 11.3. The van der Waals surface area contributed by atoms with E-state index in [9.17, 15) is 29.7 Å². The normalized spacial score (nSPS) is 15.1. The van der Waals surface area contributed by atoms with Gasteiger partial charge >= 0.3 is 7.60 Å². The van der Waals surface area contributed by atoms with E-state index >= 15 is 0 Å². The highest BCUT2D eigenvalue weighted by Crippen LogP contribution is 2.37. The number of hydrogen-bond donors (Lipinski definition) is 5. The lowest BCUT2D eigenvalue weighted by Gasteiger charge is -2.34. The molecule has 21 heavy (non-hydrogen) atoms. The summed E-state index contributed by atoms with van der Waals surface area (Å²) in [5.74, 6) is -0.353. The van der Waals surface area contributed by atoms with Gasteiger partial charge in [-0.3, -0.25) is 9.46 Å². The second-order valence-electron chi connectivity index (χ2n) is 5.09. The highest BCUT2D eigenvalue weighted by Gasteiger charge is 2.29. The Morgan fingerprint density at radius 3 is 2.29 bits per heavy atom. The summed E-state index contributed by atoms with van der Waals surface area (Å²) in [4.78, 5) is 19.8. The van der Waals surface area contributed by atoms with Crippen molar-refractivity contribution in [2.45, 2.75) is 19.5 Å². The van der Waals surface area contributed by atoms with Crippen LogP contribution in [-0.2, 0) is 11.1 Å². The zero-order chi connectivity index (χ0) is 16.0. The van der Waals surface area contributed by atoms with E-state index in [1.165, 1.54) is 11.0 Å². The van der Waals surface area contributed by atoms with Gasteiger partial charge in [0, 0.05) is 24.8 Å². The molecule has 0 bridgehead atoms. The van der Waals surface area contributed by atoms with E-state index in [0.717, 1.165) is 0 Å². The van der Waals surface area contributed by atoms with Crippen LogP contribution in [0.2, 0.25) is 0 Å². The van der Waals surface area contributed by atoms with Crippen LogP contribution in [0.3, 0.4) is 0 Å². The largest absolute Gasteiger partial charge is 0.508 e. The number of nitrogens with zero attached hydrogens (tertiary/aromatic N) is 1. The van der Waals surface area contributed by atoms with Gasteiger partial charge in [0.15, 0.2) is 0 Å². The van der Waals surface area contributed by atoms with Crippen molar-refractivity contribution in [3.8, 4) is 5.75 Å². The lowest BCUT2D eigenvalue weighted by atomic mass is 10.0. The van der Waals surface area contributed by atoms with Gasteiger partial charge < -0.3 is 25.1 Å². The Kier molecular flexibility index (Phi) is 6.80. The lowest BCUT2D eigenvalue weighted by molar-refractivity contribution is 0.0628. The molecule has 1 aromatic carbocycles. The summed E-state index contributed by atoms with van der Waals surface area (Å²) in [7, 11) is -4.34. The fourth-order valence-corrected chi connectivity index (χ4v) is 2.93. The van der Waals surface area contributed by atoms with Crippen LogP contribution in [0.5, 0.6) is 5.75 Å². The predicted octanol–water partition coefficient (Wildman–Crippen LogP) is 0.319. The minimum absolute atomic E-state index is 0.0153. The summed E-state index contributed by atoms with van der Waals surface area (Å²) in [6.07, 6.45) is -0.559. The topological polar surface area (TPSA) is 121 Å². The summed E-state index contributed by atoms with van der Waals surface area (Å²) in [6.45, 7) is 1.17. The molecule has 0 aromatic heterocycles. The maximum Gasteiger partial charge on any atom is 0.339 e. The number of rotatable bonds is 8. The molecule has 0 fully saturated rings. The zero-order valence-corrected chi connectivity index (χ0v) is 12.7. The van der Waals surface area contributed by atoms with Crippen LogP contribution in [0.25, 0.3) is 0 Å². The summed E-state index contributed by atoms with van der Waals surface area (Å²) in [5.41, 5.74) is 0.495. The molecule has 0 saturated carbocycles. The number of phenols is 1. The Hall–Kier alpha value is -0.950. The fourth-order valence-electron chi connectivity index (χ4n) is 2.15. The van der Waals surface area contributed by atoms with Gasteiger partial charge in [0.2, 0.25) is 0 Å². The van der Waals surface area contributed by atoms with Gasteiger partial charge in [0.05, 0.1) is 6.61 Å². The first-order chi connectivity index (χ1) is 9.78. The first-order valence-electron chi connectivity index (χ1n) is 6.55. The number of benzene rings is 1. The summed E-state index contributed by atoms with van der Waals surface area (Å²) >= 11 is 0. The molecule has 1 aromatic rings. The van der Waals surface area contributed by atoms with Gasteiger partial charge in [-0.05, 0) is 12.0 Å². The van der Waals surface area contributed by atoms with Crippen molar-refractivity contribution in [2.75, 3.05) is 19.5 Å². The molecule has 1 rings (SSSR count). The van der Waals surface area contributed by atoms with Crippen LogP contribution in [0, 0.1) is 5.92 Å². The third-order valence-electron chi connectivity index (χ3n) is 3.33. The second kappa shape index (κ2) is 7.89. The van der Waals surface area contributed by atoms with Crippen molar-refractivity contribution < 1.29 is 29.7 Å². The van der Waals surface area contributed by atoms with E-state index in [4.69, 9.17) is 0 Å². The Labute approximate surface area is 123 Å². The number of para-hydroxylation sites is 1. The molecule has 8 heteroatoms. The lowest BCUT2D eigenvalue weighted by Crippen LogP contribution is -2.43. The molecule has 2 atom stereocenters. The Morgan fingerprint density at radius 1 is 1.19 bits per heavy atom. The first kappa shape index (κ1) is 18.1. The van der Waals surface area contributed by atoms with Crippen LogP contribution >= 0.6 is 7.60 Å². The number of aliphatic hydroxyl groups is 2. The zero-order valence-electron chi connectivity index (χ0n) is 11.8. The Bertz CT molecular complexity index is 491. The highest BCUT2D eigenvalue weighted by atomic mass is 31.2. The third kappa shape index (κ3) is 5.74. The minimum Gasteiger partial charge on any atom is -0.508 e. The molecule has 0 aliphatic heterocycles. The molecule has 5 N–H and O–H groups in total. The van der Waals surface area contributed by atoms with Crippen LogP contribution in [-0.4, -0.2) is 55.5 Å². The average molecular weight is 319 g/mol. The van der Waals surface area contributed by atoms with Gasteiger partial charge in [-0.1, -0.05) is 25.1 Å². The first-order valence-corrected chi connectivity index (χ1v) is 8.35. The quantitative estimate of drug-likeness (QED) is 0.437. The fraction of sp³-hybridized carbons (Fsp3) is 0.538. The second-order valence-corrected chi connectivity index (χ2v) is 6.70. The molecule has 0 spiro atoms. The number of phenolic OH excluding ortho intramolecular Hbond substituents is 1. The van der Waals surface area contributed by atoms with E-state index in [1.54, 1.807) is 25.1 Å². The minimum atomic E-state index is -4.34. The van der Waals surface area contributed by atoms with E-state index in [2.05, 4.69) is 0 Å². The number of aromatic hydroxyl groups is 1. The highest BCUT2D eigenvalue weighted by molar-refractivity contribution is 7.51. The van der Waals surface area contributed by atoms with Gasteiger partial charge in [0.25, 0.3) is 0 Å². The summed E-state index contributed by atoms with van der Waals surface area (Å²) in [5, 5.41) is 28.5. The molecule has 2 unspecified atom stereocenters. The molecular weight excluding hydrogens is 297 g/mol. The molecule has 7 nitrogen and oxygen atoms in total. The van der Waals surface area contributed by atoms with E-state index in [-0.39, 0.29) is 31.4 Å². The Balaban J connectivity index is 3.01. The standard InChI is InChI=1S/C13H22NO6P/c1-10(7-15)12(8-16)14(9-21(18,19)20)6-11-4-2-3-5-13(11)17/h2-5,10,12,15-17H,6-9H2,1H3,(H2,18,19,20). The molecule has 0 radical (unpaired) electrons. The van der Waals surface area contributed by atoms with E-state index in [1.807, 2.05) is 0 Å². The van der Waals surface area contributed by atoms with Crippen molar-refractivity contribution in [1.29, 1.82) is 0 Å². The SMILES string of the molecule is CC(CO)C(CO)N(Cc1ccccc1O)CP(=O)(O)O. The average Bonchev–Trinajstić information content (AvgIpc) is 2.40. The number of hydrogen-bond acceptors (Lipinski definition) is 5. The van der Waals surface area contributed by atoms with Crippen molar-refractivity contribution in [3.63, 3.8) is 0 Å². The Morgan fingerprint density at radius 2 is 1.81 bits per heavy atom. The van der Waals surface area contributed by atoms with Gasteiger partial charge in [-0.2, -0.15) is 0 Å². The van der Waals surface area contributed by atoms with Crippen molar-refractivity contribution in [2.24, 2.45) is 5.92 Å². The molecule has 0 saturated heterocycles. The number of aliphatic hydroxyl groups excluding tert-OH is 2. The van der Waals surface area contributed by atoms with E-state index < -0.39 is 19.9 Å². The van der Waals surface area contributed by atoms with Gasteiger partial charge in [0.1, 0.15) is 12.0 Å². The van der Waals surface area contributed by atoms with Crippen molar-refractivity contribution in [1.82, 2.24) is 4.90 Å². The van der Waals surface area contributed by atoms with E-state index in [0.29, 0.717) is 5.56 Å².